The molecule has 3 N–H and O–H groups in total. The van der Waals surface area contributed by atoms with Crippen LogP contribution in [0.4, 0.5) is 5.69 Å². The van der Waals surface area contributed by atoms with Crippen LogP contribution in [0.3, 0.4) is 0 Å². The zero-order valence-corrected chi connectivity index (χ0v) is 11.7. The Morgan fingerprint density at radius 1 is 1.42 bits per heavy atom. The Bertz CT molecular complexity index is 588. The molecule has 0 aliphatic rings. The van der Waals surface area contributed by atoms with Gasteiger partial charge in [-0.15, -0.1) is 0 Å². The number of carbonyl (C=O) groups excluding carboxylic acids is 1. The number of amides is 1. The van der Waals surface area contributed by atoms with Gasteiger partial charge < -0.3 is 15.6 Å². The second kappa shape index (κ2) is 5.34. The minimum Gasteiger partial charge on any atom is -0.397 e. The number of nitrogens with two attached hydrogens (primary N) is 1. The third-order valence-corrected chi connectivity index (χ3v) is 3.64. The Balaban J connectivity index is 2.38. The van der Waals surface area contributed by atoms with Crippen LogP contribution in [0.1, 0.15) is 37.7 Å². The minimum absolute atomic E-state index is 0.0347. The summed E-state index contributed by atoms with van der Waals surface area (Å²) in [6, 6.07) is 7.80. The summed E-state index contributed by atoms with van der Waals surface area (Å²) < 4.78 is 0. The molecule has 0 spiro atoms. The molecule has 1 aromatic carbocycles. The quantitative estimate of drug-likeness (QED) is 0.829. The van der Waals surface area contributed by atoms with Gasteiger partial charge in [0.2, 0.25) is 0 Å². The average Bonchev–Trinajstić information content (AvgIpc) is 2.84. The molecule has 4 nitrogen and oxygen atoms in total. The number of nitrogens with zero attached hydrogens (tertiary/aromatic N) is 1. The number of hydrogen-bond donors (Lipinski definition) is 2. The number of nitrogens with one attached hydrogen (secondary N) is 1. The topological polar surface area (TPSA) is 62.1 Å². The number of para-hydroxylation sites is 1. The van der Waals surface area contributed by atoms with Crippen LogP contribution in [0.25, 0.3) is 10.9 Å². The fourth-order valence-corrected chi connectivity index (χ4v) is 2.33. The predicted molar refractivity (Wildman–Crippen MR) is 79.2 cm³/mol. The van der Waals surface area contributed by atoms with Gasteiger partial charge in [0.1, 0.15) is 5.69 Å². The van der Waals surface area contributed by atoms with Crippen molar-refractivity contribution in [2.75, 3.05) is 12.3 Å². The summed E-state index contributed by atoms with van der Waals surface area (Å²) in [5, 5.41) is 0.976. The van der Waals surface area contributed by atoms with Crippen molar-refractivity contribution in [2.24, 2.45) is 0 Å². The zero-order valence-electron chi connectivity index (χ0n) is 11.7. The van der Waals surface area contributed by atoms with E-state index in [0.29, 0.717) is 17.9 Å². The van der Waals surface area contributed by atoms with Crippen molar-refractivity contribution in [3.8, 4) is 0 Å². The first-order chi connectivity index (χ1) is 9.08. The first-order valence-electron chi connectivity index (χ1n) is 6.76. The highest BCUT2D eigenvalue weighted by molar-refractivity contribution is 6.00. The molecule has 102 valence electrons. The van der Waals surface area contributed by atoms with Crippen LogP contribution < -0.4 is 5.73 Å². The summed E-state index contributed by atoms with van der Waals surface area (Å²) in [6.07, 6.45) is 0.946. The molecule has 0 radical (unpaired) electrons. The number of aromatic nitrogens is 1. The Kier molecular flexibility index (Phi) is 3.79. The Morgan fingerprint density at radius 3 is 2.74 bits per heavy atom. The molecule has 2 rings (SSSR count). The van der Waals surface area contributed by atoms with Crippen LogP contribution in [0.2, 0.25) is 0 Å². The van der Waals surface area contributed by atoms with Crippen LogP contribution in [0.5, 0.6) is 0 Å². The second-order valence-electron chi connectivity index (χ2n) is 4.84. The molecule has 0 bridgehead atoms. The Labute approximate surface area is 113 Å². The van der Waals surface area contributed by atoms with E-state index in [1.807, 2.05) is 36.1 Å². The Hall–Kier alpha value is -1.97. The summed E-state index contributed by atoms with van der Waals surface area (Å²) >= 11 is 0. The van der Waals surface area contributed by atoms with E-state index in [9.17, 15) is 4.79 Å². The number of nitrogen functional groups attached to an aromatic ring is 1. The van der Waals surface area contributed by atoms with E-state index in [-0.39, 0.29) is 11.9 Å². The van der Waals surface area contributed by atoms with Gasteiger partial charge in [0.25, 0.3) is 5.91 Å². The van der Waals surface area contributed by atoms with Crippen molar-refractivity contribution in [1.82, 2.24) is 9.88 Å². The highest BCUT2D eigenvalue weighted by atomic mass is 16.2. The molecule has 0 aliphatic carbocycles. The van der Waals surface area contributed by atoms with Crippen LogP contribution in [-0.4, -0.2) is 28.4 Å². The van der Waals surface area contributed by atoms with Crippen molar-refractivity contribution in [3.05, 3.63) is 30.0 Å². The van der Waals surface area contributed by atoms with E-state index in [4.69, 9.17) is 5.73 Å². The Morgan fingerprint density at radius 2 is 2.16 bits per heavy atom. The maximum Gasteiger partial charge on any atom is 0.270 e. The molecule has 2 aromatic rings. The van der Waals surface area contributed by atoms with E-state index in [1.165, 1.54) is 0 Å². The number of rotatable bonds is 4. The van der Waals surface area contributed by atoms with Crippen LogP contribution in [0, 0.1) is 0 Å². The van der Waals surface area contributed by atoms with Gasteiger partial charge in [0, 0.05) is 18.0 Å². The molecule has 1 aromatic heterocycles. The van der Waals surface area contributed by atoms with Crippen LogP contribution in [0.15, 0.2) is 24.3 Å². The van der Waals surface area contributed by atoms with Crippen molar-refractivity contribution < 1.29 is 4.79 Å². The summed E-state index contributed by atoms with van der Waals surface area (Å²) in [6.45, 7) is 6.86. The van der Waals surface area contributed by atoms with Gasteiger partial charge in [-0.05, 0) is 32.4 Å². The van der Waals surface area contributed by atoms with Crippen LogP contribution in [-0.2, 0) is 0 Å². The molecule has 0 saturated heterocycles. The van der Waals surface area contributed by atoms with E-state index >= 15 is 0 Å². The van der Waals surface area contributed by atoms with Gasteiger partial charge in [-0.25, -0.2) is 0 Å². The number of anilines is 1. The maximum atomic E-state index is 12.5. The second-order valence-corrected chi connectivity index (χ2v) is 4.84. The monoisotopic (exact) mass is 259 g/mol. The predicted octanol–water partition coefficient (Wildman–Crippen LogP) is 3.01. The average molecular weight is 259 g/mol. The van der Waals surface area contributed by atoms with Gasteiger partial charge in [-0.3, -0.25) is 4.79 Å². The summed E-state index contributed by atoms with van der Waals surface area (Å²) in [5.41, 5.74) is 8.02. The maximum absolute atomic E-state index is 12.5. The van der Waals surface area contributed by atoms with Crippen molar-refractivity contribution in [3.63, 3.8) is 0 Å². The molecule has 4 heteroatoms. The number of carbonyl (C=O) groups is 1. The van der Waals surface area contributed by atoms with Crippen molar-refractivity contribution in [2.45, 2.75) is 33.2 Å². The molecular formula is C15H21N3O. The lowest BCUT2D eigenvalue weighted by Gasteiger charge is -2.26. The van der Waals surface area contributed by atoms with Gasteiger partial charge in [-0.1, -0.05) is 19.1 Å². The third kappa shape index (κ3) is 2.43. The van der Waals surface area contributed by atoms with Crippen molar-refractivity contribution >= 4 is 22.5 Å². The number of fused-ring (bicyclic) bond motifs is 1. The smallest absolute Gasteiger partial charge is 0.270 e. The SMILES string of the molecule is CCC(C)N(CC)C(=O)c1cc2cccc(N)c2[nH]1. The lowest BCUT2D eigenvalue weighted by molar-refractivity contribution is 0.0695. The fourth-order valence-electron chi connectivity index (χ4n) is 2.33. The molecule has 1 atom stereocenters. The standard InChI is InChI=1S/C15H21N3O/c1-4-10(3)18(5-2)15(19)13-9-11-7-6-8-12(16)14(11)17-13/h6-10,17H,4-5,16H2,1-3H3. The van der Waals surface area contributed by atoms with Crippen LogP contribution >= 0.6 is 0 Å². The first kappa shape index (κ1) is 13.5. The van der Waals surface area contributed by atoms with E-state index in [0.717, 1.165) is 17.3 Å². The molecule has 19 heavy (non-hydrogen) atoms. The normalized spacial score (nSPS) is 12.6. The largest absolute Gasteiger partial charge is 0.397 e. The fraction of sp³-hybridized carbons (Fsp3) is 0.400. The molecule has 0 aliphatic heterocycles. The molecule has 0 fully saturated rings. The molecule has 0 saturated carbocycles. The lowest BCUT2D eigenvalue weighted by Crippen LogP contribution is -2.38. The van der Waals surface area contributed by atoms with Gasteiger partial charge in [0.15, 0.2) is 0 Å². The molecule has 1 amide bonds. The van der Waals surface area contributed by atoms with Gasteiger partial charge in [-0.2, -0.15) is 0 Å². The third-order valence-electron chi connectivity index (χ3n) is 3.64. The first-order valence-corrected chi connectivity index (χ1v) is 6.76. The zero-order chi connectivity index (χ0) is 14.0. The summed E-state index contributed by atoms with van der Waals surface area (Å²) in [5.74, 6) is 0.0347. The van der Waals surface area contributed by atoms with Gasteiger partial charge >= 0.3 is 0 Å². The van der Waals surface area contributed by atoms with E-state index in [1.54, 1.807) is 0 Å². The molecular weight excluding hydrogens is 238 g/mol. The molecule has 1 heterocycles. The number of aromatic amines is 1. The number of hydrogen-bond acceptors (Lipinski definition) is 2. The van der Waals surface area contributed by atoms with Crippen molar-refractivity contribution in [1.29, 1.82) is 0 Å². The highest BCUT2D eigenvalue weighted by Gasteiger charge is 2.20. The summed E-state index contributed by atoms with van der Waals surface area (Å²) in [7, 11) is 0. The number of benzene rings is 1. The summed E-state index contributed by atoms with van der Waals surface area (Å²) in [4.78, 5) is 17.5. The highest BCUT2D eigenvalue weighted by Crippen LogP contribution is 2.22. The molecule has 1 unspecified atom stereocenters. The number of H-pyrrole nitrogens is 1. The van der Waals surface area contributed by atoms with E-state index < -0.39 is 0 Å². The van der Waals surface area contributed by atoms with Gasteiger partial charge in [0.05, 0.1) is 11.2 Å². The lowest BCUT2D eigenvalue weighted by atomic mass is 10.2. The minimum atomic E-state index is 0.0347. The van der Waals surface area contributed by atoms with E-state index in [2.05, 4.69) is 18.8 Å².